The van der Waals surface area contributed by atoms with E-state index in [9.17, 15) is 4.79 Å². The van der Waals surface area contributed by atoms with Gasteiger partial charge in [-0.15, -0.1) is 0 Å². The van der Waals surface area contributed by atoms with Gasteiger partial charge in [-0.05, 0) is 30.5 Å². The van der Waals surface area contributed by atoms with Crippen molar-refractivity contribution in [2.75, 3.05) is 20.2 Å². The van der Waals surface area contributed by atoms with Gasteiger partial charge in [0.05, 0.1) is 32.0 Å². The molecule has 3 rings (SSSR count). The molecular weight excluding hydrogens is 280 g/mol. The molecule has 2 aromatic rings. The highest BCUT2D eigenvalue weighted by molar-refractivity contribution is 5.79. The molecule has 0 radical (unpaired) electrons. The smallest absolute Gasteiger partial charge is 0.226 e. The summed E-state index contributed by atoms with van der Waals surface area (Å²) in [5.74, 6) is 0.953. The molecule has 0 saturated carbocycles. The topological polar surface area (TPSA) is 60.2 Å². The predicted molar refractivity (Wildman–Crippen MR) is 81.6 cm³/mol. The zero-order valence-electron chi connectivity index (χ0n) is 12.7. The maximum absolute atomic E-state index is 12.4. The highest BCUT2D eigenvalue weighted by atomic mass is 16.5. The molecule has 1 amide bonds. The van der Waals surface area contributed by atoms with E-state index in [4.69, 9.17) is 4.74 Å². The van der Waals surface area contributed by atoms with Crippen LogP contribution in [0.5, 0.6) is 5.75 Å². The van der Waals surface area contributed by atoms with Crippen molar-refractivity contribution in [2.24, 2.45) is 0 Å². The van der Waals surface area contributed by atoms with E-state index in [0.717, 1.165) is 37.2 Å². The molecule has 6 heteroatoms. The molecule has 0 N–H and O–H groups in total. The van der Waals surface area contributed by atoms with Crippen LogP contribution in [0.15, 0.2) is 36.7 Å². The summed E-state index contributed by atoms with van der Waals surface area (Å²) in [6.45, 7) is 1.52. The third-order valence-corrected chi connectivity index (χ3v) is 4.07. The number of piperidine rings is 1. The number of nitrogens with zero attached hydrogens (tertiary/aromatic N) is 4. The van der Waals surface area contributed by atoms with Crippen LogP contribution in [0.2, 0.25) is 0 Å². The molecule has 6 nitrogen and oxygen atoms in total. The first-order valence-electron chi connectivity index (χ1n) is 7.53. The fourth-order valence-electron chi connectivity index (χ4n) is 2.83. The highest BCUT2D eigenvalue weighted by Gasteiger charge is 2.24. The zero-order chi connectivity index (χ0) is 15.4. The van der Waals surface area contributed by atoms with Crippen LogP contribution in [0.1, 0.15) is 24.4 Å². The lowest BCUT2D eigenvalue weighted by Crippen LogP contribution is -2.40. The summed E-state index contributed by atoms with van der Waals surface area (Å²) in [6.07, 6.45) is 5.61. The molecular formula is C16H20N4O2. The predicted octanol–water partition coefficient (Wildman–Crippen LogP) is 1.69. The summed E-state index contributed by atoms with van der Waals surface area (Å²) in [5, 5.41) is 8.37. The molecule has 0 unspecified atom stereocenters. The average Bonchev–Trinajstić information content (AvgIpc) is 3.09. The molecule has 22 heavy (non-hydrogen) atoms. The summed E-state index contributed by atoms with van der Waals surface area (Å²) in [6, 6.07) is 7.98. The lowest BCUT2D eigenvalue weighted by molar-refractivity contribution is -0.131. The van der Waals surface area contributed by atoms with E-state index in [1.807, 2.05) is 29.2 Å². The number of ether oxygens (including phenoxy) is 1. The van der Waals surface area contributed by atoms with Crippen LogP contribution in [0.4, 0.5) is 0 Å². The minimum atomic E-state index is 0.167. The van der Waals surface area contributed by atoms with Gasteiger partial charge in [0.2, 0.25) is 5.91 Å². The lowest BCUT2D eigenvalue weighted by atomic mass is 10.0. The van der Waals surface area contributed by atoms with Crippen molar-refractivity contribution in [3.63, 3.8) is 0 Å². The molecule has 1 saturated heterocycles. The largest absolute Gasteiger partial charge is 0.497 e. The SMILES string of the molecule is COc1cccc(CC(=O)N2CCC(n3nccn3)CC2)c1. The van der Waals surface area contributed by atoms with Gasteiger partial charge in [-0.1, -0.05) is 12.1 Å². The number of rotatable bonds is 4. The molecule has 1 aliphatic rings. The Labute approximate surface area is 129 Å². The van der Waals surface area contributed by atoms with Gasteiger partial charge in [-0.3, -0.25) is 4.79 Å². The molecule has 1 aromatic heterocycles. The summed E-state index contributed by atoms with van der Waals surface area (Å²) in [5.41, 5.74) is 0.986. The van der Waals surface area contributed by atoms with E-state index in [1.54, 1.807) is 24.3 Å². The van der Waals surface area contributed by atoms with Gasteiger partial charge in [0.1, 0.15) is 5.75 Å². The van der Waals surface area contributed by atoms with Gasteiger partial charge in [0, 0.05) is 13.1 Å². The fourth-order valence-corrected chi connectivity index (χ4v) is 2.83. The Hall–Kier alpha value is -2.37. The minimum Gasteiger partial charge on any atom is -0.497 e. The number of amides is 1. The van der Waals surface area contributed by atoms with Crippen molar-refractivity contribution in [2.45, 2.75) is 25.3 Å². The standard InChI is InChI=1S/C16H20N4O2/c1-22-15-4-2-3-13(11-15)12-16(21)19-9-5-14(6-10-19)20-17-7-8-18-20/h2-4,7-8,11,14H,5-6,9-10,12H2,1H3. The van der Waals surface area contributed by atoms with Crippen molar-refractivity contribution in [1.29, 1.82) is 0 Å². The van der Waals surface area contributed by atoms with Gasteiger partial charge in [0.25, 0.3) is 0 Å². The van der Waals surface area contributed by atoms with E-state index in [0.29, 0.717) is 12.5 Å². The van der Waals surface area contributed by atoms with E-state index in [1.165, 1.54) is 0 Å². The van der Waals surface area contributed by atoms with E-state index in [2.05, 4.69) is 10.2 Å². The maximum Gasteiger partial charge on any atom is 0.226 e. The van der Waals surface area contributed by atoms with Crippen LogP contribution in [0, 0.1) is 0 Å². The Bertz CT molecular complexity index is 619. The van der Waals surface area contributed by atoms with Gasteiger partial charge < -0.3 is 9.64 Å². The Morgan fingerprint density at radius 3 is 2.68 bits per heavy atom. The molecule has 0 aliphatic carbocycles. The van der Waals surface area contributed by atoms with Gasteiger partial charge in [0.15, 0.2) is 0 Å². The second-order valence-electron chi connectivity index (χ2n) is 5.49. The Morgan fingerprint density at radius 1 is 1.27 bits per heavy atom. The first-order valence-corrected chi connectivity index (χ1v) is 7.53. The summed E-state index contributed by atoms with van der Waals surface area (Å²) in [7, 11) is 1.63. The fraction of sp³-hybridized carbons (Fsp3) is 0.438. The van der Waals surface area contributed by atoms with Gasteiger partial charge >= 0.3 is 0 Å². The molecule has 0 bridgehead atoms. The monoisotopic (exact) mass is 300 g/mol. The van der Waals surface area contributed by atoms with Crippen molar-refractivity contribution in [3.05, 3.63) is 42.2 Å². The zero-order valence-corrected chi connectivity index (χ0v) is 12.7. The third kappa shape index (κ3) is 3.27. The highest BCUT2D eigenvalue weighted by Crippen LogP contribution is 2.21. The first-order chi connectivity index (χ1) is 10.8. The number of methoxy groups -OCH3 is 1. The minimum absolute atomic E-state index is 0.167. The van der Waals surface area contributed by atoms with Crippen LogP contribution >= 0.6 is 0 Å². The van der Waals surface area contributed by atoms with Crippen molar-refractivity contribution in [1.82, 2.24) is 19.9 Å². The molecule has 1 aliphatic heterocycles. The molecule has 0 atom stereocenters. The number of carbonyl (C=O) groups is 1. The molecule has 0 spiro atoms. The van der Waals surface area contributed by atoms with E-state index >= 15 is 0 Å². The number of aromatic nitrogens is 3. The van der Waals surface area contributed by atoms with Crippen molar-refractivity contribution in [3.8, 4) is 5.75 Å². The molecule has 1 aromatic carbocycles. The number of carbonyl (C=O) groups excluding carboxylic acids is 1. The maximum atomic E-state index is 12.4. The van der Waals surface area contributed by atoms with Crippen LogP contribution in [-0.4, -0.2) is 46.0 Å². The van der Waals surface area contributed by atoms with Crippen molar-refractivity contribution < 1.29 is 9.53 Å². The van der Waals surface area contributed by atoms with Crippen LogP contribution in [-0.2, 0) is 11.2 Å². The number of likely N-dealkylation sites (tertiary alicyclic amines) is 1. The Kier molecular flexibility index (Phi) is 4.37. The number of benzene rings is 1. The summed E-state index contributed by atoms with van der Waals surface area (Å²) < 4.78 is 5.20. The second-order valence-corrected chi connectivity index (χ2v) is 5.49. The van der Waals surface area contributed by atoms with Gasteiger partial charge in [-0.2, -0.15) is 15.0 Å². The number of hydrogen-bond acceptors (Lipinski definition) is 4. The quantitative estimate of drug-likeness (QED) is 0.862. The first kappa shape index (κ1) is 14.6. The number of hydrogen-bond donors (Lipinski definition) is 0. The third-order valence-electron chi connectivity index (χ3n) is 4.07. The molecule has 116 valence electrons. The van der Waals surface area contributed by atoms with Crippen LogP contribution in [0.3, 0.4) is 0 Å². The summed E-state index contributed by atoms with van der Waals surface area (Å²) >= 11 is 0. The van der Waals surface area contributed by atoms with Crippen molar-refractivity contribution >= 4 is 5.91 Å². The summed E-state index contributed by atoms with van der Waals surface area (Å²) in [4.78, 5) is 16.1. The second kappa shape index (κ2) is 6.60. The Morgan fingerprint density at radius 2 is 2.00 bits per heavy atom. The lowest BCUT2D eigenvalue weighted by Gasteiger charge is -2.31. The van der Waals surface area contributed by atoms with Gasteiger partial charge in [-0.25, -0.2) is 0 Å². The molecule has 1 fully saturated rings. The van der Waals surface area contributed by atoms with Crippen LogP contribution in [0.25, 0.3) is 0 Å². The Balaban J connectivity index is 1.55. The van der Waals surface area contributed by atoms with Crippen LogP contribution < -0.4 is 4.74 Å². The van der Waals surface area contributed by atoms with E-state index in [-0.39, 0.29) is 5.91 Å². The van der Waals surface area contributed by atoms with E-state index < -0.39 is 0 Å². The normalized spacial score (nSPS) is 15.8. The molecule has 2 heterocycles. The average molecular weight is 300 g/mol.